The van der Waals surface area contributed by atoms with Crippen molar-refractivity contribution in [2.75, 3.05) is 0 Å². The van der Waals surface area contributed by atoms with Gasteiger partial charge in [0.25, 0.3) is 0 Å². The van der Waals surface area contributed by atoms with Gasteiger partial charge in [-0.25, -0.2) is 4.99 Å². The maximum atomic E-state index is 6.91. The molecule has 0 aliphatic carbocycles. The van der Waals surface area contributed by atoms with Crippen molar-refractivity contribution in [3.63, 3.8) is 0 Å². The molecule has 8 aromatic carbocycles. The van der Waals surface area contributed by atoms with Crippen LogP contribution in [0.4, 0.5) is 0 Å². The predicted octanol–water partition coefficient (Wildman–Crippen LogP) is 12.9. The molecule has 2 atom stereocenters. The van der Waals surface area contributed by atoms with E-state index in [9.17, 15) is 0 Å². The number of hydrogen-bond donors (Lipinski definition) is 2. The van der Waals surface area contributed by atoms with E-state index in [1.54, 1.807) is 0 Å². The summed E-state index contributed by atoms with van der Waals surface area (Å²) in [7, 11) is 0. The summed E-state index contributed by atoms with van der Waals surface area (Å²) in [6.45, 7) is 0. The highest BCUT2D eigenvalue weighted by Crippen LogP contribution is 2.46. The number of pyridine rings is 1. The number of benzene rings is 8. The fourth-order valence-corrected chi connectivity index (χ4v) is 8.90. The second kappa shape index (κ2) is 13.0. The zero-order valence-corrected chi connectivity index (χ0v) is 31.2. The fraction of sp³-hybridized carbons (Fsp3) is 0.0385. The summed E-state index contributed by atoms with van der Waals surface area (Å²) in [5.74, 6) is 0.814. The average Bonchev–Trinajstić information content (AvgIpc) is 3.86. The lowest BCUT2D eigenvalue weighted by Gasteiger charge is -2.33. The van der Waals surface area contributed by atoms with E-state index in [0.29, 0.717) is 0 Å². The van der Waals surface area contributed by atoms with Crippen LogP contribution in [0, 0.1) is 0 Å². The first-order valence-corrected chi connectivity index (χ1v) is 19.6. The second-order valence-corrected chi connectivity index (χ2v) is 15.0. The number of aliphatic imine (C=N–C) groups is 1. The molecular weight excluding hydrogens is 713 g/mol. The van der Waals surface area contributed by atoms with E-state index in [1.807, 2.05) is 42.6 Å². The van der Waals surface area contributed by atoms with Crippen molar-refractivity contribution < 1.29 is 8.83 Å². The number of nitrogens with zero attached hydrogens (tertiary/aromatic N) is 2. The lowest BCUT2D eigenvalue weighted by molar-refractivity contribution is 0.411. The quantitative estimate of drug-likeness (QED) is 0.183. The first-order valence-electron chi connectivity index (χ1n) is 19.6. The number of hydrogen-bond acceptors (Lipinski definition) is 6. The number of aromatic nitrogens is 1. The smallest absolute Gasteiger partial charge is 0.143 e. The predicted molar refractivity (Wildman–Crippen MR) is 236 cm³/mol. The Bertz CT molecular complexity index is 3420. The topological polar surface area (TPSA) is 75.6 Å². The Morgan fingerprint density at radius 2 is 1.19 bits per heavy atom. The Labute approximate surface area is 333 Å². The van der Waals surface area contributed by atoms with Crippen molar-refractivity contribution in [2.45, 2.75) is 12.3 Å². The molecule has 0 spiro atoms. The molecule has 6 heteroatoms. The van der Waals surface area contributed by atoms with Gasteiger partial charge in [-0.1, -0.05) is 127 Å². The van der Waals surface area contributed by atoms with Crippen molar-refractivity contribution >= 4 is 71.4 Å². The third kappa shape index (κ3) is 5.23. The number of fused-ring (bicyclic) bond motifs is 8. The molecule has 11 aromatic rings. The van der Waals surface area contributed by atoms with E-state index in [4.69, 9.17) is 18.8 Å². The van der Waals surface area contributed by atoms with Gasteiger partial charge in [-0.05, 0) is 81.6 Å². The minimum atomic E-state index is -0.391. The van der Waals surface area contributed by atoms with Gasteiger partial charge in [0.05, 0.1) is 5.52 Å². The molecule has 0 radical (unpaired) electrons. The lowest BCUT2D eigenvalue weighted by atomic mass is 9.89. The highest BCUT2D eigenvalue weighted by Gasteiger charge is 2.30. The lowest BCUT2D eigenvalue weighted by Crippen LogP contribution is -2.45. The summed E-state index contributed by atoms with van der Waals surface area (Å²) >= 11 is 0. The fourth-order valence-electron chi connectivity index (χ4n) is 8.90. The molecule has 0 saturated heterocycles. The summed E-state index contributed by atoms with van der Waals surface area (Å²) in [5, 5.41) is 15.4. The summed E-state index contributed by atoms with van der Waals surface area (Å²) in [4.78, 5) is 10.1. The number of para-hydroxylation sites is 1. The zero-order chi connectivity index (χ0) is 38.2. The van der Waals surface area contributed by atoms with Gasteiger partial charge in [-0.15, -0.1) is 0 Å². The van der Waals surface area contributed by atoms with Crippen molar-refractivity contribution in [1.82, 2.24) is 15.6 Å². The molecule has 2 unspecified atom stereocenters. The van der Waals surface area contributed by atoms with E-state index in [1.165, 1.54) is 0 Å². The number of amidine groups is 1. The van der Waals surface area contributed by atoms with Crippen LogP contribution in [-0.4, -0.2) is 10.8 Å². The molecule has 0 amide bonds. The van der Waals surface area contributed by atoms with Gasteiger partial charge in [0.1, 0.15) is 40.5 Å². The van der Waals surface area contributed by atoms with Crippen LogP contribution in [0.15, 0.2) is 196 Å². The molecule has 4 heterocycles. The Morgan fingerprint density at radius 3 is 2.05 bits per heavy atom. The van der Waals surface area contributed by atoms with E-state index in [2.05, 4.69) is 150 Å². The molecule has 0 saturated carbocycles. The SMILES string of the molecule is c1ccc(C2=NC(c3cccc4oc5ccccc5c34)NC(c3cc4ccccc4cc3-c3ccc(-c4ccccc4)c4oc5cc6cccnc6cc5c34)N2)cc1. The largest absolute Gasteiger partial charge is 0.456 e. The average molecular weight is 747 g/mol. The van der Waals surface area contributed by atoms with Gasteiger partial charge in [-0.2, -0.15) is 0 Å². The maximum absolute atomic E-state index is 6.91. The van der Waals surface area contributed by atoms with E-state index >= 15 is 0 Å². The second-order valence-electron chi connectivity index (χ2n) is 15.0. The Hall–Kier alpha value is -7.54. The highest BCUT2D eigenvalue weighted by molar-refractivity contribution is 6.19. The van der Waals surface area contributed by atoms with Gasteiger partial charge < -0.3 is 14.2 Å². The molecule has 1 aliphatic heterocycles. The third-order valence-electron chi connectivity index (χ3n) is 11.6. The van der Waals surface area contributed by atoms with Crippen molar-refractivity contribution in [3.8, 4) is 22.3 Å². The molecule has 6 nitrogen and oxygen atoms in total. The molecule has 1 aliphatic rings. The van der Waals surface area contributed by atoms with Gasteiger partial charge in [0.15, 0.2) is 0 Å². The standard InChI is InChI=1S/C52H34N4O2/c1-3-13-31(14-4-1)36-24-25-37(48-42-30-43-35(19-12-26-53-43)29-46(42)58-49(36)48)40-27-33-17-7-8-18-34(33)28-41(40)52-55-50(32-15-5-2-6-16-32)54-51(56-52)39-21-11-23-45-47(39)38-20-9-10-22-44(38)57-45/h1-30,51-52,56H,(H,54,55). The molecule has 58 heavy (non-hydrogen) atoms. The van der Waals surface area contributed by atoms with Crippen LogP contribution < -0.4 is 10.6 Å². The Morgan fingerprint density at radius 1 is 0.466 bits per heavy atom. The monoisotopic (exact) mass is 746 g/mol. The first-order chi connectivity index (χ1) is 28.7. The number of furan rings is 2. The van der Waals surface area contributed by atoms with Crippen LogP contribution in [-0.2, 0) is 0 Å². The molecule has 274 valence electrons. The van der Waals surface area contributed by atoms with Crippen molar-refractivity contribution in [3.05, 3.63) is 199 Å². The van der Waals surface area contributed by atoms with Gasteiger partial charge in [0.2, 0.25) is 0 Å². The van der Waals surface area contributed by atoms with Crippen molar-refractivity contribution in [1.29, 1.82) is 0 Å². The van der Waals surface area contributed by atoms with Crippen LogP contribution in [0.2, 0.25) is 0 Å². The van der Waals surface area contributed by atoms with Gasteiger partial charge in [-0.3, -0.25) is 10.3 Å². The molecular formula is C52H34N4O2. The van der Waals surface area contributed by atoms with Crippen LogP contribution >= 0.6 is 0 Å². The number of rotatable bonds is 5. The summed E-state index contributed by atoms with van der Waals surface area (Å²) in [5.41, 5.74) is 11.8. The minimum absolute atomic E-state index is 0.338. The maximum Gasteiger partial charge on any atom is 0.143 e. The van der Waals surface area contributed by atoms with E-state index < -0.39 is 6.17 Å². The van der Waals surface area contributed by atoms with E-state index in [-0.39, 0.29) is 6.17 Å². The summed E-state index contributed by atoms with van der Waals surface area (Å²) < 4.78 is 13.3. The molecule has 0 bridgehead atoms. The molecule has 12 rings (SSSR count). The molecule has 3 aromatic heterocycles. The van der Waals surface area contributed by atoms with Crippen molar-refractivity contribution in [2.24, 2.45) is 4.99 Å². The van der Waals surface area contributed by atoms with Crippen LogP contribution in [0.3, 0.4) is 0 Å². The van der Waals surface area contributed by atoms with E-state index in [0.717, 1.165) is 110 Å². The first kappa shape index (κ1) is 32.7. The van der Waals surface area contributed by atoms with Crippen LogP contribution in [0.1, 0.15) is 29.0 Å². The van der Waals surface area contributed by atoms with Gasteiger partial charge in [0, 0.05) is 49.8 Å². The van der Waals surface area contributed by atoms with Gasteiger partial charge >= 0.3 is 0 Å². The Kier molecular flexibility index (Phi) is 7.33. The normalized spacial score (nSPS) is 15.8. The Balaban J connectivity index is 1.11. The van der Waals surface area contributed by atoms with Crippen LogP contribution in [0.5, 0.6) is 0 Å². The highest BCUT2D eigenvalue weighted by atomic mass is 16.3. The molecule has 0 fully saturated rings. The summed E-state index contributed by atoms with van der Waals surface area (Å²) in [6, 6.07) is 61.5. The minimum Gasteiger partial charge on any atom is -0.456 e. The number of nitrogens with one attached hydrogen (secondary N) is 2. The summed E-state index contributed by atoms with van der Waals surface area (Å²) in [6.07, 6.45) is 1.12. The molecule has 2 N–H and O–H groups in total. The third-order valence-corrected chi connectivity index (χ3v) is 11.6. The zero-order valence-electron chi connectivity index (χ0n) is 31.2. The van der Waals surface area contributed by atoms with Crippen LogP contribution in [0.25, 0.3) is 87.8 Å².